The predicted octanol–water partition coefficient (Wildman–Crippen LogP) is 1.76. The van der Waals surface area contributed by atoms with Crippen molar-refractivity contribution >= 4 is 35.2 Å². The molecule has 1 aromatic carbocycles. The first-order valence-electron chi connectivity index (χ1n) is 9.69. The molecule has 3 rings (SSSR count). The van der Waals surface area contributed by atoms with Crippen LogP contribution in [0, 0.1) is 11.8 Å². The number of benzene rings is 1. The monoisotopic (exact) mass is 417 g/mol. The van der Waals surface area contributed by atoms with Crippen LogP contribution >= 0.6 is 11.6 Å². The maximum atomic E-state index is 12.6. The first-order valence-corrected chi connectivity index (χ1v) is 10.1. The zero-order valence-corrected chi connectivity index (χ0v) is 17.0. The van der Waals surface area contributed by atoms with E-state index < -0.39 is 5.91 Å². The third-order valence-electron chi connectivity index (χ3n) is 5.36. The normalized spacial score (nSPS) is 20.6. The molecule has 0 radical (unpaired) electrons. The van der Waals surface area contributed by atoms with Crippen LogP contribution in [0.15, 0.2) is 36.4 Å². The fourth-order valence-corrected chi connectivity index (χ4v) is 3.79. The molecule has 0 spiro atoms. The summed E-state index contributed by atoms with van der Waals surface area (Å²) in [6, 6.07) is 7.10. The minimum atomic E-state index is -0.414. The smallest absolute Gasteiger partial charge is 0.243 e. The highest BCUT2D eigenvalue weighted by atomic mass is 35.5. The largest absolute Gasteiger partial charge is 0.350 e. The molecule has 7 nitrogen and oxygen atoms in total. The van der Waals surface area contributed by atoms with E-state index in [9.17, 15) is 19.2 Å². The van der Waals surface area contributed by atoms with Gasteiger partial charge in [0.05, 0.1) is 18.4 Å². The number of imide groups is 1. The van der Waals surface area contributed by atoms with Gasteiger partial charge in [-0.3, -0.25) is 24.1 Å². The summed E-state index contributed by atoms with van der Waals surface area (Å²) in [5.74, 6) is -2.03. The number of halogens is 1. The summed E-state index contributed by atoms with van der Waals surface area (Å²) < 4.78 is 0. The van der Waals surface area contributed by atoms with E-state index in [1.807, 2.05) is 24.3 Å². The molecule has 0 bridgehead atoms. The van der Waals surface area contributed by atoms with E-state index in [0.29, 0.717) is 31.0 Å². The minimum absolute atomic E-state index is 0.131. The fourth-order valence-electron chi connectivity index (χ4n) is 3.67. The minimum Gasteiger partial charge on any atom is -0.350 e. The van der Waals surface area contributed by atoms with Crippen molar-refractivity contribution in [3.05, 3.63) is 47.0 Å². The van der Waals surface area contributed by atoms with Gasteiger partial charge < -0.3 is 10.2 Å². The Kier molecular flexibility index (Phi) is 6.69. The average Bonchev–Trinajstić information content (AvgIpc) is 2.96. The lowest BCUT2D eigenvalue weighted by molar-refractivity contribution is -0.147. The predicted molar refractivity (Wildman–Crippen MR) is 108 cm³/mol. The van der Waals surface area contributed by atoms with Crippen molar-refractivity contribution < 1.29 is 19.2 Å². The molecule has 1 aliphatic carbocycles. The van der Waals surface area contributed by atoms with Crippen LogP contribution in [0.3, 0.4) is 0 Å². The molecule has 1 fully saturated rings. The van der Waals surface area contributed by atoms with Gasteiger partial charge >= 0.3 is 0 Å². The number of allylic oxidation sites excluding steroid dienone is 2. The lowest BCUT2D eigenvalue weighted by atomic mass is 9.85. The Hall–Kier alpha value is -2.67. The van der Waals surface area contributed by atoms with Crippen molar-refractivity contribution in [2.24, 2.45) is 11.8 Å². The molecule has 2 atom stereocenters. The Balaban J connectivity index is 1.53. The average molecular weight is 418 g/mol. The van der Waals surface area contributed by atoms with E-state index >= 15 is 0 Å². The molecular weight excluding hydrogens is 394 g/mol. The molecule has 1 heterocycles. The van der Waals surface area contributed by atoms with E-state index in [2.05, 4.69) is 5.32 Å². The highest BCUT2D eigenvalue weighted by molar-refractivity contribution is 6.30. The number of fused-ring (bicyclic) bond motifs is 1. The fraction of sp³-hybridized carbons (Fsp3) is 0.429. The molecule has 2 aliphatic rings. The first kappa shape index (κ1) is 21.0. The second kappa shape index (κ2) is 9.22. The van der Waals surface area contributed by atoms with Gasteiger partial charge in [-0.05, 0) is 37.5 Å². The third-order valence-corrected chi connectivity index (χ3v) is 5.62. The van der Waals surface area contributed by atoms with E-state index in [1.165, 1.54) is 4.90 Å². The molecule has 1 N–H and O–H groups in total. The van der Waals surface area contributed by atoms with Crippen LogP contribution in [0.2, 0.25) is 5.02 Å². The number of nitrogens with zero attached hydrogens (tertiary/aromatic N) is 2. The van der Waals surface area contributed by atoms with Gasteiger partial charge in [0, 0.05) is 18.1 Å². The number of hydrogen-bond acceptors (Lipinski definition) is 4. The molecule has 154 valence electrons. The highest BCUT2D eigenvalue weighted by Crippen LogP contribution is 2.34. The summed E-state index contributed by atoms with van der Waals surface area (Å²) in [6.45, 7) is 1.93. The Morgan fingerprint density at radius 3 is 2.24 bits per heavy atom. The van der Waals surface area contributed by atoms with Crippen molar-refractivity contribution in [3.63, 3.8) is 0 Å². The lowest BCUT2D eigenvalue weighted by Crippen LogP contribution is -2.46. The number of hydrogen-bond donors (Lipinski definition) is 1. The Bertz CT molecular complexity index is 811. The van der Waals surface area contributed by atoms with E-state index in [1.54, 1.807) is 19.1 Å². The first-order chi connectivity index (χ1) is 13.9. The maximum Gasteiger partial charge on any atom is 0.243 e. The molecule has 0 aromatic heterocycles. The molecule has 1 saturated heterocycles. The Labute approximate surface area is 174 Å². The number of carbonyl (C=O) groups excluding carboxylic acids is 4. The van der Waals surface area contributed by atoms with Gasteiger partial charge in [0.25, 0.3) is 0 Å². The summed E-state index contributed by atoms with van der Waals surface area (Å²) >= 11 is 5.84. The van der Waals surface area contributed by atoms with Crippen LogP contribution in [0.25, 0.3) is 0 Å². The molecule has 1 aromatic rings. The molecule has 8 heteroatoms. The molecule has 4 amide bonds. The topological polar surface area (TPSA) is 86.8 Å². The molecule has 0 saturated carbocycles. The van der Waals surface area contributed by atoms with E-state index in [-0.39, 0.29) is 42.6 Å². The summed E-state index contributed by atoms with van der Waals surface area (Å²) in [7, 11) is 0. The Morgan fingerprint density at radius 1 is 1.10 bits per heavy atom. The van der Waals surface area contributed by atoms with Crippen molar-refractivity contribution in [2.45, 2.75) is 26.3 Å². The van der Waals surface area contributed by atoms with E-state index in [0.717, 1.165) is 10.5 Å². The zero-order chi connectivity index (χ0) is 21.0. The summed E-state index contributed by atoms with van der Waals surface area (Å²) in [5.41, 5.74) is 0.890. The second-order valence-electron chi connectivity index (χ2n) is 7.23. The van der Waals surface area contributed by atoms with Crippen LogP contribution in [0.5, 0.6) is 0 Å². The van der Waals surface area contributed by atoms with Gasteiger partial charge in [0.2, 0.25) is 23.6 Å². The van der Waals surface area contributed by atoms with Crippen LogP contribution in [-0.4, -0.2) is 53.1 Å². The van der Waals surface area contributed by atoms with Crippen LogP contribution in [0.1, 0.15) is 25.3 Å². The molecular formula is C21H24ClN3O4. The van der Waals surface area contributed by atoms with Gasteiger partial charge in [-0.25, -0.2) is 0 Å². The molecule has 29 heavy (non-hydrogen) atoms. The maximum absolute atomic E-state index is 12.6. The summed E-state index contributed by atoms with van der Waals surface area (Å²) in [5, 5.41) is 3.37. The number of amides is 4. The molecule has 1 aliphatic heterocycles. The zero-order valence-electron chi connectivity index (χ0n) is 16.3. The highest BCUT2D eigenvalue weighted by Gasteiger charge is 2.47. The number of likely N-dealkylation sites (N-methyl/N-ethyl adjacent to an activating group) is 1. The summed E-state index contributed by atoms with van der Waals surface area (Å²) in [4.78, 5) is 52.3. The van der Waals surface area contributed by atoms with E-state index in [4.69, 9.17) is 11.6 Å². The number of likely N-dealkylation sites (tertiary alicyclic amines) is 1. The van der Waals surface area contributed by atoms with Crippen molar-refractivity contribution in [1.29, 1.82) is 0 Å². The van der Waals surface area contributed by atoms with Crippen molar-refractivity contribution in [3.8, 4) is 0 Å². The standard InChI is InChI=1S/C21H24ClN3O4/c1-2-24(12-18(26)23-11-14-7-9-15(22)10-8-14)19(27)13-25-20(28)16-5-3-4-6-17(16)21(25)29/h3-4,7-10,16-17H,2,5-6,11-13H2,1H3,(H,23,26). The third kappa shape index (κ3) is 4.85. The van der Waals surface area contributed by atoms with Gasteiger partial charge in [-0.1, -0.05) is 35.9 Å². The number of nitrogens with one attached hydrogen (secondary N) is 1. The Morgan fingerprint density at radius 2 is 1.69 bits per heavy atom. The van der Waals surface area contributed by atoms with Crippen molar-refractivity contribution in [1.82, 2.24) is 15.1 Å². The van der Waals surface area contributed by atoms with Crippen LogP contribution in [0.4, 0.5) is 0 Å². The summed E-state index contributed by atoms with van der Waals surface area (Å²) in [6.07, 6.45) is 4.87. The van der Waals surface area contributed by atoms with Gasteiger partial charge in [-0.15, -0.1) is 0 Å². The van der Waals surface area contributed by atoms with Crippen molar-refractivity contribution in [2.75, 3.05) is 19.6 Å². The number of rotatable bonds is 7. The SMILES string of the molecule is CCN(CC(=O)NCc1ccc(Cl)cc1)C(=O)CN1C(=O)C2CC=CCC2C1=O. The lowest BCUT2D eigenvalue weighted by Gasteiger charge is -2.23. The number of carbonyl (C=O) groups is 4. The van der Waals surface area contributed by atoms with Crippen LogP contribution < -0.4 is 5.32 Å². The second-order valence-corrected chi connectivity index (χ2v) is 7.67. The van der Waals surface area contributed by atoms with Gasteiger partial charge in [-0.2, -0.15) is 0 Å². The van der Waals surface area contributed by atoms with Gasteiger partial charge in [0.1, 0.15) is 6.54 Å². The van der Waals surface area contributed by atoms with Crippen LogP contribution in [-0.2, 0) is 25.7 Å². The quantitative estimate of drug-likeness (QED) is 0.541. The van der Waals surface area contributed by atoms with Gasteiger partial charge in [0.15, 0.2) is 0 Å². The molecule has 2 unspecified atom stereocenters.